The van der Waals surface area contributed by atoms with Gasteiger partial charge in [-0.05, 0) is 42.1 Å². The first-order chi connectivity index (χ1) is 13.6. The zero-order valence-electron chi connectivity index (χ0n) is 15.0. The number of nitrogens with one attached hydrogen (secondary N) is 1. The zero-order valence-corrected chi connectivity index (χ0v) is 16.6. The second kappa shape index (κ2) is 7.87. The maximum atomic E-state index is 12.7. The molecule has 6 nitrogen and oxygen atoms in total. The first kappa shape index (κ1) is 18.3. The Morgan fingerprint density at radius 3 is 2.89 bits per heavy atom. The number of aromatic nitrogens is 3. The number of nitrogens with zero attached hydrogens (tertiary/aromatic N) is 3. The second-order valence-corrected chi connectivity index (χ2v) is 8.04. The Morgan fingerprint density at radius 1 is 1.21 bits per heavy atom. The Labute approximate surface area is 169 Å². The monoisotopic (exact) mass is 408 g/mol. The molecular formula is C20H16N4O2S2. The van der Waals surface area contributed by atoms with E-state index in [9.17, 15) is 9.59 Å². The highest BCUT2D eigenvalue weighted by Crippen LogP contribution is 2.31. The molecule has 3 heterocycles. The van der Waals surface area contributed by atoms with Gasteiger partial charge >= 0.3 is 5.69 Å². The maximum Gasteiger partial charge on any atom is 0.347 e. The normalized spacial score (nSPS) is 10.8. The van der Waals surface area contributed by atoms with Crippen LogP contribution in [0.2, 0.25) is 0 Å². The summed E-state index contributed by atoms with van der Waals surface area (Å²) in [4.78, 5) is 34.4. The van der Waals surface area contributed by atoms with Gasteiger partial charge in [0.05, 0.1) is 17.1 Å². The summed E-state index contributed by atoms with van der Waals surface area (Å²) in [6, 6.07) is 13.1. The zero-order chi connectivity index (χ0) is 19.5. The smallest absolute Gasteiger partial charge is 0.321 e. The van der Waals surface area contributed by atoms with Crippen LogP contribution in [0.3, 0.4) is 0 Å². The molecule has 0 unspecified atom stereocenters. The van der Waals surface area contributed by atoms with Gasteiger partial charge in [-0.3, -0.25) is 9.36 Å². The number of rotatable bonds is 5. The molecule has 0 saturated carbocycles. The third-order valence-corrected chi connectivity index (χ3v) is 6.25. The van der Waals surface area contributed by atoms with Crippen molar-refractivity contribution in [1.29, 1.82) is 0 Å². The van der Waals surface area contributed by atoms with Gasteiger partial charge < -0.3 is 5.32 Å². The topological polar surface area (TPSA) is 76.9 Å². The molecule has 4 rings (SSSR count). The molecule has 0 saturated heterocycles. The van der Waals surface area contributed by atoms with E-state index in [0.717, 1.165) is 15.4 Å². The molecule has 0 atom stereocenters. The number of aryl methyl sites for hydroxylation is 1. The Balaban J connectivity index is 1.52. The first-order valence-corrected chi connectivity index (χ1v) is 10.2. The molecule has 3 aromatic heterocycles. The van der Waals surface area contributed by atoms with Crippen LogP contribution < -0.4 is 11.0 Å². The van der Waals surface area contributed by atoms with Crippen LogP contribution in [-0.2, 0) is 6.54 Å². The van der Waals surface area contributed by atoms with E-state index in [0.29, 0.717) is 22.8 Å². The summed E-state index contributed by atoms with van der Waals surface area (Å²) in [6.45, 7) is 2.23. The number of benzene rings is 1. The predicted molar refractivity (Wildman–Crippen MR) is 112 cm³/mol. The van der Waals surface area contributed by atoms with Crippen LogP contribution in [0.5, 0.6) is 0 Å². The van der Waals surface area contributed by atoms with Crippen molar-refractivity contribution in [2.45, 2.75) is 13.5 Å². The summed E-state index contributed by atoms with van der Waals surface area (Å²) in [6.07, 6.45) is 3.16. The van der Waals surface area contributed by atoms with Crippen LogP contribution in [0.4, 0.5) is 5.69 Å². The van der Waals surface area contributed by atoms with Gasteiger partial charge in [0, 0.05) is 18.1 Å². The average Bonchev–Trinajstić information content (AvgIpc) is 3.33. The SMILES string of the molecule is Cc1nc(-c2cccs2)sc1C(=O)Nc1cccc(Cn2cccnc2=O)c1. The number of thiophene rings is 1. The molecule has 8 heteroatoms. The number of anilines is 1. The Bertz CT molecular complexity index is 1180. The second-order valence-electron chi connectivity index (χ2n) is 6.10. The van der Waals surface area contributed by atoms with Crippen LogP contribution in [0.25, 0.3) is 9.88 Å². The lowest BCUT2D eigenvalue weighted by molar-refractivity contribution is 0.103. The minimum absolute atomic E-state index is 0.187. The van der Waals surface area contributed by atoms with Gasteiger partial charge in [-0.15, -0.1) is 22.7 Å². The number of thiazole rings is 1. The Kier molecular flexibility index (Phi) is 5.14. The number of carbonyl (C=O) groups excluding carboxylic acids is 1. The van der Waals surface area contributed by atoms with Crippen LogP contribution in [0.1, 0.15) is 20.9 Å². The fourth-order valence-electron chi connectivity index (χ4n) is 2.75. The van der Waals surface area contributed by atoms with Crippen LogP contribution in [-0.4, -0.2) is 20.4 Å². The van der Waals surface area contributed by atoms with Crippen molar-refractivity contribution in [3.63, 3.8) is 0 Å². The third kappa shape index (κ3) is 3.92. The van der Waals surface area contributed by atoms with E-state index < -0.39 is 0 Å². The Hall–Kier alpha value is -3.10. The van der Waals surface area contributed by atoms with Gasteiger partial charge in [-0.1, -0.05) is 18.2 Å². The molecule has 0 aliphatic rings. The third-order valence-electron chi connectivity index (χ3n) is 4.06. The number of hydrogen-bond donors (Lipinski definition) is 1. The van der Waals surface area contributed by atoms with Gasteiger partial charge in [-0.2, -0.15) is 0 Å². The van der Waals surface area contributed by atoms with Crippen molar-refractivity contribution >= 4 is 34.3 Å². The lowest BCUT2D eigenvalue weighted by atomic mass is 10.2. The molecule has 28 heavy (non-hydrogen) atoms. The van der Waals surface area contributed by atoms with Crippen molar-refractivity contribution in [2.24, 2.45) is 0 Å². The van der Waals surface area contributed by atoms with E-state index in [-0.39, 0.29) is 11.6 Å². The molecule has 4 aromatic rings. The van der Waals surface area contributed by atoms with E-state index in [1.807, 2.05) is 48.7 Å². The quantitative estimate of drug-likeness (QED) is 0.541. The first-order valence-electron chi connectivity index (χ1n) is 8.53. The molecule has 140 valence electrons. The van der Waals surface area contributed by atoms with Gasteiger partial charge in [0.25, 0.3) is 5.91 Å². The van der Waals surface area contributed by atoms with E-state index in [1.54, 1.807) is 23.6 Å². The molecular weight excluding hydrogens is 392 g/mol. The van der Waals surface area contributed by atoms with Gasteiger partial charge in [0.2, 0.25) is 0 Å². The van der Waals surface area contributed by atoms with Crippen LogP contribution in [0.15, 0.2) is 65.0 Å². The summed E-state index contributed by atoms with van der Waals surface area (Å²) in [5.74, 6) is -0.187. The molecule has 0 spiro atoms. The van der Waals surface area contributed by atoms with E-state index >= 15 is 0 Å². The minimum atomic E-state index is -0.307. The highest BCUT2D eigenvalue weighted by Gasteiger charge is 2.17. The van der Waals surface area contributed by atoms with Crippen molar-refractivity contribution in [1.82, 2.24) is 14.5 Å². The molecule has 0 aliphatic heterocycles. The molecule has 1 amide bonds. The van der Waals surface area contributed by atoms with Crippen molar-refractivity contribution in [3.05, 3.63) is 86.9 Å². The summed E-state index contributed by atoms with van der Waals surface area (Å²) >= 11 is 2.99. The molecule has 0 bridgehead atoms. The van der Waals surface area contributed by atoms with E-state index in [2.05, 4.69) is 15.3 Å². The van der Waals surface area contributed by atoms with E-state index in [4.69, 9.17) is 0 Å². The standard InChI is InChI=1S/C20H16N4O2S2/c1-13-17(28-19(22-13)16-7-3-10-27-16)18(25)23-15-6-2-5-14(11-15)12-24-9-4-8-21-20(24)26/h2-11H,12H2,1H3,(H,23,25). The van der Waals surface area contributed by atoms with Gasteiger partial charge in [0.15, 0.2) is 0 Å². The van der Waals surface area contributed by atoms with Gasteiger partial charge in [0.1, 0.15) is 9.88 Å². The largest absolute Gasteiger partial charge is 0.347 e. The summed E-state index contributed by atoms with van der Waals surface area (Å²) in [5.41, 5.74) is 1.97. The highest BCUT2D eigenvalue weighted by atomic mass is 32.1. The average molecular weight is 409 g/mol. The molecule has 0 aliphatic carbocycles. The van der Waals surface area contributed by atoms with Crippen molar-refractivity contribution in [2.75, 3.05) is 5.32 Å². The van der Waals surface area contributed by atoms with Crippen molar-refractivity contribution in [3.8, 4) is 9.88 Å². The van der Waals surface area contributed by atoms with Crippen molar-refractivity contribution < 1.29 is 4.79 Å². The van der Waals surface area contributed by atoms with Crippen LogP contribution >= 0.6 is 22.7 Å². The van der Waals surface area contributed by atoms with Crippen LogP contribution in [0, 0.1) is 6.92 Å². The predicted octanol–water partition coefficient (Wildman–Crippen LogP) is 4.04. The number of amides is 1. The van der Waals surface area contributed by atoms with E-state index in [1.165, 1.54) is 22.1 Å². The number of hydrogen-bond acceptors (Lipinski definition) is 6. The fraction of sp³-hybridized carbons (Fsp3) is 0.100. The molecule has 0 fully saturated rings. The summed E-state index contributed by atoms with van der Waals surface area (Å²) in [5, 5.41) is 5.77. The lowest BCUT2D eigenvalue weighted by Crippen LogP contribution is -2.22. The molecule has 1 N–H and O–H groups in total. The Morgan fingerprint density at radius 2 is 2.11 bits per heavy atom. The fourth-order valence-corrected chi connectivity index (χ4v) is 4.51. The summed E-state index contributed by atoms with van der Waals surface area (Å²) in [7, 11) is 0. The maximum absolute atomic E-state index is 12.7. The lowest BCUT2D eigenvalue weighted by Gasteiger charge is -2.08. The highest BCUT2D eigenvalue weighted by molar-refractivity contribution is 7.22. The van der Waals surface area contributed by atoms with Gasteiger partial charge in [-0.25, -0.2) is 14.8 Å². The minimum Gasteiger partial charge on any atom is -0.321 e. The number of carbonyl (C=O) groups is 1. The molecule has 1 aromatic carbocycles. The molecule has 0 radical (unpaired) electrons. The summed E-state index contributed by atoms with van der Waals surface area (Å²) < 4.78 is 1.52.